The molecule has 0 amide bonds. The summed E-state index contributed by atoms with van der Waals surface area (Å²) in [5.41, 5.74) is 12.4. The second-order valence-electron chi connectivity index (χ2n) is 12.1. The number of allylic oxidation sites excluding steroid dienone is 7. The number of hydrogen-bond donors (Lipinski definition) is 0. The zero-order chi connectivity index (χ0) is 32.8. The molecule has 4 aromatic rings. The van der Waals surface area contributed by atoms with Crippen molar-refractivity contribution in [2.45, 2.75) is 46.5 Å². The van der Waals surface area contributed by atoms with Gasteiger partial charge in [-0.3, -0.25) is 0 Å². The molecule has 0 heterocycles. The molecule has 47 heavy (non-hydrogen) atoms. The Kier molecular flexibility index (Phi) is 9.51. The third-order valence-corrected chi connectivity index (χ3v) is 8.88. The topological polar surface area (TPSA) is 48.5 Å². The number of benzene rings is 4. The molecule has 0 atom stereocenters. The fourth-order valence-electron chi connectivity index (χ4n) is 6.25. The van der Waals surface area contributed by atoms with Crippen molar-refractivity contribution in [3.05, 3.63) is 161 Å². The van der Waals surface area contributed by atoms with Gasteiger partial charge in [0.1, 0.15) is 0 Å². The van der Waals surface area contributed by atoms with Gasteiger partial charge in [0, 0.05) is 5.71 Å². The van der Waals surface area contributed by atoms with E-state index in [0.717, 1.165) is 81.3 Å². The summed E-state index contributed by atoms with van der Waals surface area (Å²) in [5.74, 6) is 0.666. The zero-order valence-electron chi connectivity index (χ0n) is 27.4. The maximum Gasteiger partial charge on any atom is 0.155 e. The predicted octanol–water partition coefficient (Wildman–Crippen LogP) is 11.7. The summed E-state index contributed by atoms with van der Waals surface area (Å²) in [7, 11) is 0. The Hall–Kier alpha value is -5.59. The van der Waals surface area contributed by atoms with E-state index >= 15 is 0 Å². The van der Waals surface area contributed by atoms with Crippen LogP contribution in [0.15, 0.2) is 154 Å². The highest BCUT2D eigenvalue weighted by atomic mass is 14.9. The molecule has 0 fully saturated rings. The van der Waals surface area contributed by atoms with Gasteiger partial charge in [0.05, 0.1) is 17.3 Å². The van der Waals surface area contributed by atoms with E-state index < -0.39 is 0 Å². The monoisotopic (exact) mass is 609 g/mol. The van der Waals surface area contributed by atoms with Gasteiger partial charge in [-0.1, -0.05) is 104 Å². The van der Waals surface area contributed by atoms with Crippen LogP contribution in [0.25, 0.3) is 39.1 Å². The van der Waals surface area contributed by atoms with E-state index in [4.69, 9.17) is 9.98 Å². The molecule has 0 unspecified atom stereocenters. The van der Waals surface area contributed by atoms with Gasteiger partial charge in [-0.05, 0) is 132 Å². The summed E-state index contributed by atoms with van der Waals surface area (Å²) in [6, 6.07) is 29.5. The lowest BCUT2D eigenvalue weighted by Gasteiger charge is -2.18. The zero-order valence-corrected chi connectivity index (χ0v) is 27.4. The quantitative estimate of drug-likeness (QED) is 0.152. The molecule has 0 aliphatic heterocycles. The smallest absolute Gasteiger partial charge is 0.155 e. The Bertz CT molecular complexity index is 2120. The summed E-state index contributed by atoms with van der Waals surface area (Å²) in [5, 5.41) is 11.7. The van der Waals surface area contributed by atoms with Crippen molar-refractivity contribution in [2.24, 2.45) is 9.98 Å². The van der Waals surface area contributed by atoms with E-state index in [0.29, 0.717) is 11.4 Å². The van der Waals surface area contributed by atoms with Crippen molar-refractivity contribution in [3.63, 3.8) is 0 Å². The number of rotatable bonds is 7. The molecule has 0 radical (unpaired) electrons. The molecular weight excluding hydrogens is 571 g/mol. The lowest BCUT2D eigenvalue weighted by atomic mass is 9.86. The largest absolute Gasteiger partial charge is 0.233 e. The summed E-state index contributed by atoms with van der Waals surface area (Å²) >= 11 is 0. The van der Waals surface area contributed by atoms with Crippen LogP contribution in [0.5, 0.6) is 0 Å². The normalized spacial score (nSPS) is 15.3. The third kappa shape index (κ3) is 6.98. The van der Waals surface area contributed by atoms with Crippen LogP contribution in [-0.2, 0) is 0 Å². The Morgan fingerprint density at radius 2 is 1.60 bits per heavy atom. The Balaban J connectivity index is 1.58. The summed E-state index contributed by atoms with van der Waals surface area (Å²) < 4.78 is 0. The van der Waals surface area contributed by atoms with E-state index in [9.17, 15) is 5.26 Å². The third-order valence-electron chi connectivity index (χ3n) is 8.88. The number of fused-ring (bicyclic) bond motifs is 1. The van der Waals surface area contributed by atoms with E-state index in [1.165, 1.54) is 16.7 Å². The minimum absolute atomic E-state index is 0.649. The van der Waals surface area contributed by atoms with Crippen LogP contribution in [0.2, 0.25) is 0 Å². The average Bonchev–Trinajstić information content (AvgIpc) is 3.12. The molecule has 0 bridgehead atoms. The second kappa shape index (κ2) is 14.2. The maximum atomic E-state index is 9.42. The van der Waals surface area contributed by atoms with Crippen LogP contribution in [0.1, 0.15) is 56.2 Å². The fourth-order valence-corrected chi connectivity index (χ4v) is 6.25. The summed E-state index contributed by atoms with van der Waals surface area (Å²) in [6.07, 6.45) is 19.2. The lowest BCUT2D eigenvalue weighted by molar-refractivity contribution is 1.00. The Morgan fingerprint density at radius 3 is 2.30 bits per heavy atom. The van der Waals surface area contributed by atoms with Crippen molar-refractivity contribution in [3.8, 4) is 28.3 Å². The standard InChI is InChI=1S/C44H39N3/c1-30-15-11-12-20-38(30)43-28-41(37-25-23-34(29-45)24-26-37)39-21-13-14-22-40(39)42(43)27-31(2)44(46-32(3)35-16-7-5-8-17-35)47-33(4)36-18-9-6-10-19-36/h6-7,9,11-18,20-28H,3,5,8,10,19H2,1-2,4H3/b31-27+,46-44-,47-33+. The molecule has 0 saturated heterocycles. The molecule has 0 aromatic heterocycles. The maximum absolute atomic E-state index is 9.42. The van der Waals surface area contributed by atoms with E-state index in [2.05, 4.69) is 131 Å². The van der Waals surface area contributed by atoms with Gasteiger partial charge in [0.15, 0.2) is 5.84 Å². The molecular formula is C44H39N3. The second-order valence-corrected chi connectivity index (χ2v) is 12.1. The van der Waals surface area contributed by atoms with Gasteiger partial charge in [-0.25, -0.2) is 9.98 Å². The molecule has 3 heteroatoms. The van der Waals surface area contributed by atoms with Crippen LogP contribution in [0.3, 0.4) is 0 Å². The van der Waals surface area contributed by atoms with Crippen molar-refractivity contribution < 1.29 is 0 Å². The molecule has 4 aromatic carbocycles. The highest BCUT2D eigenvalue weighted by molar-refractivity contribution is 6.15. The van der Waals surface area contributed by atoms with Crippen LogP contribution in [0, 0.1) is 18.3 Å². The molecule has 230 valence electrons. The highest BCUT2D eigenvalue weighted by Crippen LogP contribution is 2.40. The van der Waals surface area contributed by atoms with Crippen LogP contribution in [0.4, 0.5) is 0 Å². The first-order chi connectivity index (χ1) is 22.9. The first kappa shape index (κ1) is 31.4. The molecule has 3 nitrogen and oxygen atoms in total. The summed E-state index contributed by atoms with van der Waals surface area (Å²) in [6.45, 7) is 10.7. The van der Waals surface area contributed by atoms with E-state index in [1.807, 2.05) is 24.3 Å². The molecule has 2 aliphatic rings. The highest BCUT2D eigenvalue weighted by Gasteiger charge is 2.17. The van der Waals surface area contributed by atoms with Gasteiger partial charge in [-0.15, -0.1) is 0 Å². The van der Waals surface area contributed by atoms with Gasteiger partial charge in [-0.2, -0.15) is 5.26 Å². The number of nitriles is 1. The minimum Gasteiger partial charge on any atom is -0.233 e. The van der Waals surface area contributed by atoms with Crippen molar-refractivity contribution >= 4 is 28.4 Å². The number of aryl methyl sites for hydroxylation is 1. The average molecular weight is 610 g/mol. The first-order valence-electron chi connectivity index (χ1n) is 16.3. The first-order valence-corrected chi connectivity index (χ1v) is 16.3. The fraction of sp³-hybridized carbons (Fsp3) is 0.159. The minimum atomic E-state index is 0.649. The molecule has 0 spiro atoms. The molecule has 0 N–H and O–H groups in total. The number of aliphatic imine (C=N–C) groups is 2. The van der Waals surface area contributed by atoms with Crippen LogP contribution >= 0.6 is 0 Å². The Morgan fingerprint density at radius 1 is 0.830 bits per heavy atom. The van der Waals surface area contributed by atoms with Crippen molar-refractivity contribution in [2.75, 3.05) is 0 Å². The Labute approximate surface area is 278 Å². The SMILES string of the molecule is C=C(/N=C(\N=C(/C)C1=CC=CCC1)C(/C)=C/c1c(-c2ccccc2C)cc(-c2ccc(C#N)cc2)c2ccccc12)C1=CCCC=C1. The van der Waals surface area contributed by atoms with E-state index in [1.54, 1.807) is 0 Å². The van der Waals surface area contributed by atoms with Crippen molar-refractivity contribution in [1.29, 1.82) is 5.26 Å². The molecule has 0 saturated carbocycles. The number of amidine groups is 1. The number of hydrogen-bond acceptors (Lipinski definition) is 2. The van der Waals surface area contributed by atoms with Crippen molar-refractivity contribution in [1.82, 2.24) is 0 Å². The van der Waals surface area contributed by atoms with Gasteiger partial charge in [0.2, 0.25) is 0 Å². The summed E-state index contributed by atoms with van der Waals surface area (Å²) in [4.78, 5) is 10.3. The van der Waals surface area contributed by atoms with Gasteiger partial charge in [0.25, 0.3) is 0 Å². The van der Waals surface area contributed by atoms with Gasteiger partial charge >= 0.3 is 0 Å². The lowest BCUT2D eigenvalue weighted by Crippen LogP contribution is -2.07. The molecule has 2 aliphatic carbocycles. The van der Waals surface area contributed by atoms with E-state index in [-0.39, 0.29) is 0 Å². The van der Waals surface area contributed by atoms with Gasteiger partial charge < -0.3 is 0 Å². The van der Waals surface area contributed by atoms with Crippen LogP contribution in [-0.4, -0.2) is 11.5 Å². The van der Waals surface area contributed by atoms with Crippen LogP contribution < -0.4 is 0 Å². The predicted molar refractivity (Wildman–Crippen MR) is 201 cm³/mol. The molecule has 6 rings (SSSR count). The number of nitrogens with zero attached hydrogens (tertiary/aromatic N) is 3.